The minimum atomic E-state index is -1.13. The second-order valence-electron chi connectivity index (χ2n) is 8.47. The Labute approximate surface area is 182 Å². The summed E-state index contributed by atoms with van der Waals surface area (Å²) in [6, 6.07) is 18.9. The van der Waals surface area contributed by atoms with Crippen LogP contribution in [-0.2, 0) is 32.2 Å². The molecule has 2 aromatic carbocycles. The molecule has 2 fully saturated rings. The summed E-state index contributed by atoms with van der Waals surface area (Å²) in [6.07, 6.45) is -3.27. The zero-order valence-electron chi connectivity index (χ0n) is 17.8. The lowest BCUT2D eigenvalue weighted by Crippen LogP contribution is -2.71. The standard InChI is InChI=1S/C24H29NO6/c1-24(2)30-20(18(27)14-26)21(31-24)19-22(29-15-17-11-7-4-8-12-17)23(28)25(19)13-16-9-5-3-6-10-16/h3-12,18-22,26-27H,13-15H2,1-2H3/t18-,19-,20-,21-,22+/m1/s1. The lowest BCUT2D eigenvalue weighted by atomic mass is 9.87. The number of amides is 1. The van der Waals surface area contributed by atoms with Gasteiger partial charge in [-0.15, -0.1) is 0 Å². The largest absolute Gasteiger partial charge is 0.394 e. The number of hydrogen-bond donors (Lipinski definition) is 2. The van der Waals surface area contributed by atoms with Gasteiger partial charge in [-0.05, 0) is 25.0 Å². The molecule has 2 heterocycles. The van der Waals surface area contributed by atoms with Gasteiger partial charge in [-0.3, -0.25) is 4.79 Å². The lowest BCUT2D eigenvalue weighted by Gasteiger charge is -2.50. The van der Waals surface area contributed by atoms with E-state index in [1.807, 2.05) is 60.7 Å². The normalized spacial score (nSPS) is 28.4. The van der Waals surface area contributed by atoms with Crippen LogP contribution in [0.1, 0.15) is 25.0 Å². The first kappa shape index (κ1) is 21.9. The number of aliphatic hydroxyl groups is 2. The van der Waals surface area contributed by atoms with Gasteiger partial charge >= 0.3 is 0 Å². The molecule has 0 radical (unpaired) electrons. The number of β-lactam (4-membered cyclic amide) rings is 1. The zero-order chi connectivity index (χ0) is 22.0. The van der Waals surface area contributed by atoms with Crippen LogP contribution in [0.3, 0.4) is 0 Å². The SMILES string of the molecule is CC1(C)O[C@H]([C@@H]2[C@H](OCc3ccccc3)C(=O)N2Cc2ccccc2)[C@@H]([C@H](O)CO)O1. The van der Waals surface area contributed by atoms with E-state index < -0.39 is 42.9 Å². The number of rotatable bonds is 8. The van der Waals surface area contributed by atoms with E-state index in [-0.39, 0.29) is 12.5 Å². The minimum absolute atomic E-state index is 0.129. The van der Waals surface area contributed by atoms with Crippen LogP contribution in [0, 0.1) is 0 Å². The first-order chi connectivity index (χ1) is 14.9. The van der Waals surface area contributed by atoms with Gasteiger partial charge < -0.3 is 29.3 Å². The van der Waals surface area contributed by atoms with E-state index in [9.17, 15) is 15.0 Å². The molecule has 2 N–H and O–H groups in total. The zero-order valence-corrected chi connectivity index (χ0v) is 17.8. The number of hydrogen-bond acceptors (Lipinski definition) is 6. The molecule has 4 rings (SSSR count). The quantitative estimate of drug-likeness (QED) is 0.626. The molecule has 5 atom stereocenters. The highest BCUT2D eigenvalue weighted by Gasteiger charge is 2.59. The molecule has 31 heavy (non-hydrogen) atoms. The molecular weight excluding hydrogens is 398 g/mol. The molecule has 2 aliphatic heterocycles. The maximum absolute atomic E-state index is 13.1. The van der Waals surface area contributed by atoms with Crippen LogP contribution in [0.4, 0.5) is 0 Å². The molecule has 2 aromatic rings. The Kier molecular flexibility index (Phi) is 6.41. The third-order valence-corrected chi connectivity index (χ3v) is 5.73. The van der Waals surface area contributed by atoms with Gasteiger partial charge in [0.05, 0.1) is 19.3 Å². The summed E-state index contributed by atoms with van der Waals surface area (Å²) in [5.41, 5.74) is 1.95. The van der Waals surface area contributed by atoms with Crippen molar-refractivity contribution in [3.8, 4) is 0 Å². The van der Waals surface area contributed by atoms with Crippen LogP contribution < -0.4 is 0 Å². The molecule has 0 unspecified atom stereocenters. The number of carbonyl (C=O) groups excluding carboxylic acids is 1. The Balaban J connectivity index is 1.57. The molecule has 0 aromatic heterocycles. The fourth-order valence-corrected chi connectivity index (χ4v) is 4.26. The first-order valence-electron chi connectivity index (χ1n) is 10.5. The van der Waals surface area contributed by atoms with E-state index in [2.05, 4.69) is 0 Å². The Morgan fingerprint density at radius 2 is 1.65 bits per heavy atom. The van der Waals surface area contributed by atoms with E-state index in [0.717, 1.165) is 11.1 Å². The maximum Gasteiger partial charge on any atom is 0.254 e. The predicted octanol–water partition coefficient (Wildman–Crippen LogP) is 1.86. The Morgan fingerprint density at radius 3 is 2.26 bits per heavy atom. The van der Waals surface area contributed by atoms with Crippen molar-refractivity contribution >= 4 is 5.91 Å². The van der Waals surface area contributed by atoms with Gasteiger partial charge in [0.15, 0.2) is 11.9 Å². The fourth-order valence-electron chi connectivity index (χ4n) is 4.26. The van der Waals surface area contributed by atoms with Crippen molar-refractivity contribution in [1.82, 2.24) is 4.90 Å². The van der Waals surface area contributed by atoms with Crippen molar-refractivity contribution in [3.05, 3.63) is 71.8 Å². The van der Waals surface area contributed by atoms with E-state index in [1.54, 1.807) is 18.7 Å². The van der Waals surface area contributed by atoms with Gasteiger partial charge in [0.2, 0.25) is 0 Å². The number of carbonyl (C=O) groups is 1. The second kappa shape index (κ2) is 9.06. The molecule has 2 aliphatic rings. The average molecular weight is 427 g/mol. The molecule has 0 aliphatic carbocycles. The van der Waals surface area contributed by atoms with Crippen molar-refractivity contribution in [3.63, 3.8) is 0 Å². The minimum Gasteiger partial charge on any atom is -0.394 e. The topological polar surface area (TPSA) is 88.5 Å². The van der Waals surface area contributed by atoms with Crippen molar-refractivity contribution < 1.29 is 29.2 Å². The Morgan fingerprint density at radius 1 is 1.03 bits per heavy atom. The van der Waals surface area contributed by atoms with Crippen LogP contribution in [-0.4, -0.2) is 63.9 Å². The van der Waals surface area contributed by atoms with Crippen molar-refractivity contribution in [2.75, 3.05) is 6.61 Å². The van der Waals surface area contributed by atoms with E-state index in [1.165, 1.54) is 0 Å². The van der Waals surface area contributed by atoms with E-state index >= 15 is 0 Å². The van der Waals surface area contributed by atoms with Crippen LogP contribution >= 0.6 is 0 Å². The van der Waals surface area contributed by atoms with Gasteiger partial charge in [0, 0.05) is 6.54 Å². The monoisotopic (exact) mass is 427 g/mol. The summed E-state index contributed by atoms with van der Waals surface area (Å²) in [4.78, 5) is 14.8. The molecule has 7 heteroatoms. The van der Waals surface area contributed by atoms with Gasteiger partial charge in [-0.2, -0.15) is 0 Å². The fraction of sp³-hybridized carbons (Fsp3) is 0.458. The highest BCUT2D eigenvalue weighted by Crippen LogP contribution is 2.39. The van der Waals surface area contributed by atoms with Gasteiger partial charge in [0.1, 0.15) is 18.3 Å². The average Bonchev–Trinajstić information content (AvgIpc) is 3.10. The van der Waals surface area contributed by atoms with Crippen molar-refractivity contribution in [2.45, 2.75) is 63.2 Å². The molecule has 0 bridgehead atoms. The second-order valence-corrected chi connectivity index (χ2v) is 8.47. The van der Waals surface area contributed by atoms with Gasteiger partial charge in [-0.1, -0.05) is 60.7 Å². The number of benzene rings is 2. The lowest BCUT2D eigenvalue weighted by molar-refractivity contribution is -0.199. The van der Waals surface area contributed by atoms with Gasteiger partial charge in [0.25, 0.3) is 5.91 Å². The number of ether oxygens (including phenoxy) is 3. The smallest absolute Gasteiger partial charge is 0.254 e. The third kappa shape index (κ3) is 4.66. The van der Waals surface area contributed by atoms with Crippen LogP contribution in [0.2, 0.25) is 0 Å². The molecule has 0 spiro atoms. The summed E-state index contributed by atoms with van der Waals surface area (Å²) < 4.78 is 18.0. The molecule has 166 valence electrons. The van der Waals surface area contributed by atoms with Crippen LogP contribution in [0.5, 0.6) is 0 Å². The van der Waals surface area contributed by atoms with Crippen molar-refractivity contribution in [2.24, 2.45) is 0 Å². The summed E-state index contributed by atoms with van der Waals surface area (Å²) in [5, 5.41) is 19.9. The summed E-state index contributed by atoms with van der Waals surface area (Å²) in [6.45, 7) is 3.74. The van der Waals surface area contributed by atoms with Gasteiger partial charge in [-0.25, -0.2) is 0 Å². The summed E-state index contributed by atoms with van der Waals surface area (Å²) in [7, 11) is 0. The van der Waals surface area contributed by atoms with E-state index in [0.29, 0.717) is 6.54 Å². The molecular formula is C24H29NO6. The molecule has 1 amide bonds. The van der Waals surface area contributed by atoms with Crippen LogP contribution in [0.15, 0.2) is 60.7 Å². The van der Waals surface area contributed by atoms with Crippen LogP contribution in [0.25, 0.3) is 0 Å². The predicted molar refractivity (Wildman–Crippen MR) is 113 cm³/mol. The van der Waals surface area contributed by atoms with Crippen molar-refractivity contribution in [1.29, 1.82) is 0 Å². The summed E-state index contributed by atoms with van der Waals surface area (Å²) in [5.74, 6) is -1.08. The molecule has 7 nitrogen and oxygen atoms in total. The summed E-state index contributed by atoms with van der Waals surface area (Å²) >= 11 is 0. The highest BCUT2D eigenvalue weighted by atomic mass is 16.8. The number of likely N-dealkylation sites (tertiary alicyclic amines) is 1. The van der Waals surface area contributed by atoms with E-state index in [4.69, 9.17) is 14.2 Å². The Hall–Kier alpha value is -2.29. The first-order valence-corrected chi connectivity index (χ1v) is 10.5. The molecule has 2 saturated heterocycles. The third-order valence-electron chi connectivity index (χ3n) is 5.73. The molecule has 0 saturated carbocycles. The number of aliphatic hydroxyl groups excluding tert-OH is 2. The highest BCUT2D eigenvalue weighted by molar-refractivity contribution is 5.88. The maximum atomic E-state index is 13.1. The Bertz CT molecular complexity index is 874. The number of nitrogens with zero attached hydrogens (tertiary/aromatic N) is 1.